The SMILES string of the molecule is Cn1c(=O)c2ncn(C)c2n(C)c1=O. The van der Waals surface area contributed by atoms with Crippen LogP contribution in [-0.4, -0.2) is 18.7 Å². The van der Waals surface area contributed by atoms with Crippen LogP contribution in [0.15, 0.2) is 15.9 Å². The summed E-state index contributed by atoms with van der Waals surface area (Å²) < 4.78 is 4.11. The van der Waals surface area contributed by atoms with Gasteiger partial charge in [0, 0.05) is 21.1 Å². The van der Waals surface area contributed by atoms with Gasteiger partial charge in [0.25, 0.3) is 5.56 Å². The Balaban J connectivity index is 3.22. The van der Waals surface area contributed by atoms with Crippen LogP contribution in [0.1, 0.15) is 0 Å². The molecule has 74 valence electrons. The number of nitrogens with zero attached hydrogens (tertiary/aromatic N) is 4. The third kappa shape index (κ3) is 0.876. The summed E-state index contributed by atoms with van der Waals surface area (Å²) >= 11 is 0. The van der Waals surface area contributed by atoms with E-state index in [2.05, 4.69) is 4.98 Å². The molecule has 0 atom stereocenters. The Bertz CT molecular complexity index is 617. The third-order valence-corrected chi connectivity index (χ3v) is 2.30. The monoisotopic (exact) mass is 194 g/mol. The quantitative estimate of drug-likeness (QED) is 0.538. The van der Waals surface area contributed by atoms with E-state index in [9.17, 15) is 9.59 Å². The smallest absolute Gasteiger partial charge is 0.320 e. The molecule has 0 spiro atoms. The molecule has 0 aliphatic heterocycles. The highest BCUT2D eigenvalue weighted by atomic mass is 16.2. The van der Waals surface area contributed by atoms with Crippen LogP contribution in [-0.2, 0) is 21.1 Å². The van der Waals surface area contributed by atoms with Crippen molar-refractivity contribution in [3.05, 3.63) is 27.2 Å². The molecule has 0 radical (unpaired) electrons. The second kappa shape index (κ2) is 2.57. The first-order valence-corrected chi connectivity index (χ1v) is 4.11. The lowest BCUT2D eigenvalue weighted by molar-refractivity contribution is 0.698. The molecule has 0 unspecified atom stereocenters. The van der Waals surface area contributed by atoms with Gasteiger partial charge in [-0.1, -0.05) is 0 Å². The first-order chi connectivity index (χ1) is 6.54. The van der Waals surface area contributed by atoms with Crippen LogP contribution < -0.4 is 11.2 Å². The fraction of sp³-hybridized carbons (Fsp3) is 0.375. The molecule has 0 saturated heterocycles. The van der Waals surface area contributed by atoms with Gasteiger partial charge in [0.15, 0.2) is 5.52 Å². The summed E-state index contributed by atoms with van der Waals surface area (Å²) in [6.45, 7) is 0. The number of hydrogen-bond acceptors (Lipinski definition) is 3. The zero-order valence-electron chi connectivity index (χ0n) is 8.18. The Labute approximate surface area is 79.0 Å². The number of aryl methyl sites for hydroxylation is 2. The Morgan fingerprint density at radius 3 is 2.43 bits per heavy atom. The van der Waals surface area contributed by atoms with Crippen LogP contribution in [0.4, 0.5) is 0 Å². The summed E-state index contributed by atoms with van der Waals surface area (Å²) in [6, 6.07) is 0. The molecule has 6 heteroatoms. The molecule has 0 saturated carbocycles. The maximum atomic E-state index is 11.6. The average Bonchev–Trinajstić information content (AvgIpc) is 2.54. The van der Waals surface area contributed by atoms with Crippen molar-refractivity contribution in [2.45, 2.75) is 0 Å². The van der Waals surface area contributed by atoms with Crippen molar-refractivity contribution in [2.75, 3.05) is 0 Å². The van der Waals surface area contributed by atoms with Gasteiger partial charge in [-0.3, -0.25) is 13.9 Å². The van der Waals surface area contributed by atoms with Gasteiger partial charge in [-0.05, 0) is 0 Å². The first kappa shape index (κ1) is 8.74. The number of rotatable bonds is 0. The number of fused-ring (bicyclic) bond motifs is 1. The molecule has 2 heterocycles. The predicted octanol–water partition coefficient (Wildman–Crippen LogP) is -1.03. The zero-order chi connectivity index (χ0) is 10.5. The van der Waals surface area contributed by atoms with E-state index in [1.54, 1.807) is 18.7 Å². The van der Waals surface area contributed by atoms with Crippen LogP contribution >= 0.6 is 0 Å². The molecule has 2 aromatic heterocycles. The van der Waals surface area contributed by atoms with Gasteiger partial charge >= 0.3 is 5.69 Å². The molecule has 6 nitrogen and oxygen atoms in total. The topological polar surface area (TPSA) is 61.8 Å². The van der Waals surface area contributed by atoms with Gasteiger partial charge in [0.1, 0.15) is 5.65 Å². The van der Waals surface area contributed by atoms with E-state index in [0.29, 0.717) is 11.2 Å². The number of hydrogen-bond donors (Lipinski definition) is 0. The van der Waals surface area contributed by atoms with E-state index < -0.39 is 0 Å². The number of aromatic nitrogens is 4. The molecule has 0 aromatic carbocycles. The van der Waals surface area contributed by atoms with Crippen LogP contribution in [0.5, 0.6) is 0 Å². The lowest BCUT2D eigenvalue weighted by atomic mass is 10.5. The van der Waals surface area contributed by atoms with Gasteiger partial charge < -0.3 is 4.57 Å². The Hall–Kier alpha value is -1.85. The summed E-state index contributed by atoms with van der Waals surface area (Å²) in [5, 5.41) is 0. The van der Waals surface area contributed by atoms with E-state index in [1.165, 1.54) is 17.9 Å². The summed E-state index contributed by atoms with van der Waals surface area (Å²) in [6.07, 6.45) is 1.52. The summed E-state index contributed by atoms with van der Waals surface area (Å²) in [5.74, 6) is 0. The van der Waals surface area contributed by atoms with Crippen LogP contribution in [0.25, 0.3) is 11.2 Å². The van der Waals surface area contributed by atoms with E-state index in [0.717, 1.165) is 4.57 Å². The molecule has 0 fully saturated rings. The fourth-order valence-corrected chi connectivity index (χ4v) is 1.53. The van der Waals surface area contributed by atoms with Gasteiger partial charge in [0.05, 0.1) is 6.33 Å². The van der Waals surface area contributed by atoms with E-state index in [1.807, 2.05) is 0 Å². The fourth-order valence-electron chi connectivity index (χ4n) is 1.53. The van der Waals surface area contributed by atoms with Crippen molar-refractivity contribution in [1.82, 2.24) is 18.7 Å². The molecule has 2 rings (SSSR count). The summed E-state index contributed by atoms with van der Waals surface area (Å²) in [4.78, 5) is 27.1. The minimum Gasteiger partial charge on any atom is -0.320 e. The van der Waals surface area contributed by atoms with Crippen molar-refractivity contribution in [1.29, 1.82) is 0 Å². The van der Waals surface area contributed by atoms with Crippen LogP contribution in [0.3, 0.4) is 0 Å². The van der Waals surface area contributed by atoms with Crippen LogP contribution in [0.2, 0.25) is 0 Å². The van der Waals surface area contributed by atoms with Crippen molar-refractivity contribution in [3.8, 4) is 0 Å². The Morgan fingerprint density at radius 1 is 1.14 bits per heavy atom. The highest BCUT2D eigenvalue weighted by Crippen LogP contribution is 2.02. The molecular weight excluding hydrogens is 184 g/mol. The zero-order valence-corrected chi connectivity index (χ0v) is 8.18. The molecule has 0 N–H and O–H groups in total. The maximum absolute atomic E-state index is 11.6. The molecule has 0 amide bonds. The first-order valence-electron chi connectivity index (χ1n) is 4.11. The lowest BCUT2D eigenvalue weighted by Crippen LogP contribution is -2.37. The van der Waals surface area contributed by atoms with E-state index in [4.69, 9.17) is 0 Å². The maximum Gasteiger partial charge on any atom is 0.332 e. The van der Waals surface area contributed by atoms with Crippen molar-refractivity contribution in [3.63, 3.8) is 0 Å². The number of imidazole rings is 1. The molecule has 0 aliphatic rings. The van der Waals surface area contributed by atoms with Gasteiger partial charge in [-0.15, -0.1) is 0 Å². The van der Waals surface area contributed by atoms with Crippen LogP contribution in [0, 0.1) is 0 Å². The predicted molar refractivity (Wildman–Crippen MR) is 51.2 cm³/mol. The molecule has 14 heavy (non-hydrogen) atoms. The lowest BCUT2D eigenvalue weighted by Gasteiger charge is -2.04. The van der Waals surface area contributed by atoms with E-state index in [-0.39, 0.29) is 11.2 Å². The molecular formula is C8H10N4O2. The van der Waals surface area contributed by atoms with Crippen molar-refractivity contribution < 1.29 is 0 Å². The average molecular weight is 194 g/mol. The Kier molecular flexibility index (Phi) is 1.60. The standard InChI is InChI=1S/C8H10N4O2/c1-10-4-9-5-6(10)11(2)8(14)12(3)7(5)13/h4H,1-3H3. The minimum atomic E-state index is -0.358. The summed E-state index contributed by atoms with van der Waals surface area (Å²) in [7, 11) is 4.80. The van der Waals surface area contributed by atoms with Gasteiger partial charge in [-0.2, -0.15) is 0 Å². The van der Waals surface area contributed by atoms with Crippen molar-refractivity contribution >= 4 is 11.2 Å². The molecule has 2 aromatic rings. The molecule has 0 aliphatic carbocycles. The largest absolute Gasteiger partial charge is 0.332 e. The van der Waals surface area contributed by atoms with Crippen molar-refractivity contribution in [2.24, 2.45) is 21.1 Å². The summed E-state index contributed by atoms with van der Waals surface area (Å²) in [5.41, 5.74) is 0.157. The normalized spacial score (nSPS) is 11.1. The Morgan fingerprint density at radius 2 is 1.79 bits per heavy atom. The highest BCUT2D eigenvalue weighted by molar-refractivity contribution is 5.69. The third-order valence-electron chi connectivity index (χ3n) is 2.30. The second-order valence-corrected chi connectivity index (χ2v) is 3.23. The second-order valence-electron chi connectivity index (χ2n) is 3.23. The van der Waals surface area contributed by atoms with Gasteiger partial charge in [-0.25, -0.2) is 9.78 Å². The highest BCUT2D eigenvalue weighted by Gasteiger charge is 2.11. The minimum absolute atomic E-state index is 0.317. The molecule has 0 bridgehead atoms. The van der Waals surface area contributed by atoms with E-state index >= 15 is 0 Å². The van der Waals surface area contributed by atoms with Gasteiger partial charge in [0.2, 0.25) is 0 Å².